The summed E-state index contributed by atoms with van der Waals surface area (Å²) in [6.07, 6.45) is 1.06. The molecule has 0 bridgehead atoms. The molecule has 0 saturated heterocycles. The van der Waals surface area contributed by atoms with Gasteiger partial charge in [0.1, 0.15) is 0 Å². The molecule has 78 valence electrons. The molecular weight excluding hydrogens is 202 g/mol. The van der Waals surface area contributed by atoms with Crippen molar-refractivity contribution in [2.24, 2.45) is 0 Å². The lowest BCUT2D eigenvalue weighted by molar-refractivity contribution is 0.777. The zero-order chi connectivity index (χ0) is 10.5. The Kier molecular flexibility index (Phi) is 3.64. The van der Waals surface area contributed by atoms with Gasteiger partial charge in [0.2, 0.25) is 0 Å². The van der Waals surface area contributed by atoms with E-state index in [1.54, 1.807) is 0 Å². The van der Waals surface area contributed by atoms with Crippen molar-refractivity contribution in [3.63, 3.8) is 0 Å². The molecule has 0 heterocycles. The maximum absolute atomic E-state index is 4.11. The monoisotopic (exact) mass is 217 g/mol. The van der Waals surface area contributed by atoms with Gasteiger partial charge in [-0.25, -0.2) is 0 Å². The summed E-state index contributed by atoms with van der Waals surface area (Å²) >= 11 is 4.11. The molecule has 0 amide bonds. The van der Waals surface area contributed by atoms with Crippen LogP contribution in [0.25, 0.3) is 10.8 Å². The summed E-state index contributed by atoms with van der Waals surface area (Å²) in [5, 5.41) is 5.84. The topological polar surface area (TPSA) is 12.0 Å². The van der Waals surface area contributed by atoms with E-state index >= 15 is 0 Å². The number of thiol groups is 1. The normalized spacial score (nSPS) is 10.7. The molecule has 0 fully saturated rings. The first-order valence-electron chi connectivity index (χ1n) is 5.19. The summed E-state index contributed by atoms with van der Waals surface area (Å²) in [6.45, 7) is 0.988. The third-order valence-electron chi connectivity index (χ3n) is 2.52. The van der Waals surface area contributed by atoms with Gasteiger partial charge in [0, 0.05) is 5.88 Å². The Labute approximate surface area is 95.9 Å². The third-order valence-corrected chi connectivity index (χ3v) is 2.74. The average Bonchev–Trinajstić information content (AvgIpc) is 2.29. The highest BCUT2D eigenvalue weighted by atomic mass is 32.1. The Morgan fingerprint density at radius 2 is 1.80 bits per heavy atom. The molecule has 2 rings (SSSR count). The van der Waals surface area contributed by atoms with E-state index < -0.39 is 0 Å². The van der Waals surface area contributed by atoms with Crippen LogP contribution in [0.4, 0.5) is 0 Å². The Hall–Kier alpha value is -0.990. The standard InChI is InChI=1S/C13H15NS/c15-10-14-8-7-11-5-6-12-3-1-2-4-13(12)9-11/h1-6,9,14-15H,7-8,10H2. The fourth-order valence-electron chi connectivity index (χ4n) is 1.71. The number of fused-ring (bicyclic) bond motifs is 1. The van der Waals surface area contributed by atoms with E-state index in [2.05, 4.69) is 60.4 Å². The molecule has 2 heteroatoms. The molecule has 2 aromatic carbocycles. The molecule has 1 N–H and O–H groups in total. The maximum Gasteiger partial charge on any atom is 0.0387 e. The summed E-state index contributed by atoms with van der Waals surface area (Å²) in [7, 11) is 0. The van der Waals surface area contributed by atoms with Crippen molar-refractivity contribution in [1.29, 1.82) is 0 Å². The predicted octanol–water partition coefficient (Wildman–Crippen LogP) is 2.86. The van der Waals surface area contributed by atoms with E-state index in [4.69, 9.17) is 0 Å². The second-order valence-electron chi connectivity index (χ2n) is 3.59. The lowest BCUT2D eigenvalue weighted by Crippen LogP contribution is -2.14. The van der Waals surface area contributed by atoms with Crippen LogP contribution < -0.4 is 5.32 Å². The van der Waals surface area contributed by atoms with Gasteiger partial charge in [0.25, 0.3) is 0 Å². The lowest BCUT2D eigenvalue weighted by Gasteiger charge is -2.04. The highest BCUT2D eigenvalue weighted by Gasteiger charge is 1.95. The average molecular weight is 217 g/mol. The largest absolute Gasteiger partial charge is 0.308 e. The summed E-state index contributed by atoms with van der Waals surface area (Å²) in [6, 6.07) is 15.1. The molecule has 0 aliphatic heterocycles. The number of hydrogen-bond donors (Lipinski definition) is 2. The second kappa shape index (κ2) is 5.19. The minimum absolute atomic E-state index is 0.744. The van der Waals surface area contributed by atoms with E-state index in [0.29, 0.717) is 0 Å². The Morgan fingerprint density at radius 3 is 2.60 bits per heavy atom. The van der Waals surface area contributed by atoms with E-state index in [-0.39, 0.29) is 0 Å². The minimum atomic E-state index is 0.744. The molecule has 0 saturated carbocycles. The van der Waals surface area contributed by atoms with Crippen molar-refractivity contribution in [3.8, 4) is 0 Å². The van der Waals surface area contributed by atoms with Crippen LogP contribution in [0.5, 0.6) is 0 Å². The molecule has 0 aromatic heterocycles. The first kappa shape index (κ1) is 10.5. The number of benzene rings is 2. The highest BCUT2D eigenvalue weighted by Crippen LogP contribution is 2.15. The molecule has 0 atom stereocenters. The van der Waals surface area contributed by atoms with Crippen LogP contribution in [0, 0.1) is 0 Å². The van der Waals surface area contributed by atoms with Crippen molar-refractivity contribution in [1.82, 2.24) is 5.32 Å². The zero-order valence-corrected chi connectivity index (χ0v) is 9.50. The SMILES string of the molecule is SCNCCc1ccc2ccccc2c1. The van der Waals surface area contributed by atoms with E-state index in [1.807, 2.05) is 0 Å². The van der Waals surface area contributed by atoms with Crippen LogP contribution in [-0.2, 0) is 6.42 Å². The van der Waals surface area contributed by atoms with Gasteiger partial charge >= 0.3 is 0 Å². The summed E-state index contributed by atoms with van der Waals surface area (Å²) in [5.74, 6) is 0.744. The van der Waals surface area contributed by atoms with Crippen molar-refractivity contribution in [2.45, 2.75) is 6.42 Å². The van der Waals surface area contributed by atoms with Crippen LogP contribution in [0.15, 0.2) is 42.5 Å². The fourth-order valence-corrected chi connectivity index (χ4v) is 1.86. The molecule has 0 aliphatic carbocycles. The quantitative estimate of drug-likeness (QED) is 0.456. The van der Waals surface area contributed by atoms with Gasteiger partial charge in [-0.15, -0.1) is 0 Å². The summed E-state index contributed by atoms with van der Waals surface area (Å²) in [4.78, 5) is 0. The first-order chi connectivity index (χ1) is 7.40. The van der Waals surface area contributed by atoms with E-state index in [0.717, 1.165) is 18.8 Å². The van der Waals surface area contributed by atoms with Gasteiger partial charge < -0.3 is 5.32 Å². The second-order valence-corrected chi connectivity index (χ2v) is 3.91. The molecule has 0 spiro atoms. The number of hydrogen-bond acceptors (Lipinski definition) is 2. The van der Waals surface area contributed by atoms with Crippen LogP contribution in [0.3, 0.4) is 0 Å². The summed E-state index contributed by atoms with van der Waals surface area (Å²) < 4.78 is 0. The smallest absolute Gasteiger partial charge is 0.0387 e. The van der Waals surface area contributed by atoms with Crippen molar-refractivity contribution < 1.29 is 0 Å². The highest BCUT2D eigenvalue weighted by molar-refractivity contribution is 7.80. The van der Waals surface area contributed by atoms with Crippen molar-refractivity contribution in [2.75, 3.05) is 12.4 Å². The molecule has 1 nitrogen and oxygen atoms in total. The van der Waals surface area contributed by atoms with Gasteiger partial charge in [-0.05, 0) is 29.3 Å². The molecule has 0 unspecified atom stereocenters. The minimum Gasteiger partial charge on any atom is -0.308 e. The van der Waals surface area contributed by atoms with Crippen molar-refractivity contribution >= 4 is 23.4 Å². The molecule has 2 aromatic rings. The molecule has 0 aliphatic rings. The Morgan fingerprint density at radius 1 is 1.00 bits per heavy atom. The van der Waals surface area contributed by atoms with Gasteiger partial charge in [-0.3, -0.25) is 0 Å². The zero-order valence-electron chi connectivity index (χ0n) is 8.61. The number of nitrogens with one attached hydrogen (secondary N) is 1. The molecule has 15 heavy (non-hydrogen) atoms. The van der Waals surface area contributed by atoms with Crippen LogP contribution in [0.1, 0.15) is 5.56 Å². The third kappa shape index (κ3) is 2.74. The van der Waals surface area contributed by atoms with Gasteiger partial charge in [0.15, 0.2) is 0 Å². The van der Waals surface area contributed by atoms with E-state index in [9.17, 15) is 0 Å². The summed E-state index contributed by atoms with van der Waals surface area (Å²) in [5.41, 5.74) is 1.38. The van der Waals surface area contributed by atoms with Crippen molar-refractivity contribution in [3.05, 3.63) is 48.0 Å². The van der Waals surface area contributed by atoms with Crippen LogP contribution in [0.2, 0.25) is 0 Å². The maximum atomic E-state index is 4.11. The Balaban J connectivity index is 2.16. The lowest BCUT2D eigenvalue weighted by atomic mass is 10.1. The van der Waals surface area contributed by atoms with Crippen LogP contribution in [-0.4, -0.2) is 12.4 Å². The van der Waals surface area contributed by atoms with Gasteiger partial charge in [0.05, 0.1) is 0 Å². The molecule has 0 radical (unpaired) electrons. The first-order valence-corrected chi connectivity index (χ1v) is 5.82. The van der Waals surface area contributed by atoms with E-state index in [1.165, 1.54) is 16.3 Å². The number of rotatable bonds is 4. The van der Waals surface area contributed by atoms with Gasteiger partial charge in [-0.1, -0.05) is 42.5 Å². The molecular formula is C13H15NS. The van der Waals surface area contributed by atoms with Crippen LogP contribution >= 0.6 is 12.6 Å². The Bertz CT molecular complexity index is 439. The van der Waals surface area contributed by atoms with Gasteiger partial charge in [-0.2, -0.15) is 12.6 Å². The predicted molar refractivity (Wildman–Crippen MR) is 69.5 cm³/mol. The fraction of sp³-hybridized carbons (Fsp3) is 0.231.